The lowest BCUT2D eigenvalue weighted by atomic mass is 10.3. The van der Waals surface area contributed by atoms with Crippen LogP contribution in [0, 0.1) is 0 Å². The molecule has 0 atom stereocenters. The zero-order chi connectivity index (χ0) is 13.9. The molecule has 0 spiro atoms. The topological polar surface area (TPSA) is 81.2 Å². The molecule has 0 radical (unpaired) electrons. The van der Waals surface area contributed by atoms with Crippen LogP contribution in [-0.2, 0) is 9.57 Å². The molecule has 1 aromatic rings. The van der Waals surface area contributed by atoms with E-state index in [-0.39, 0.29) is 6.02 Å². The van der Waals surface area contributed by atoms with E-state index in [0.29, 0.717) is 12.4 Å². The number of carbonyl (C=O) groups is 1. The summed E-state index contributed by atoms with van der Waals surface area (Å²) in [5.74, 6) is 0.384. The Balaban J connectivity index is 2.31. The summed E-state index contributed by atoms with van der Waals surface area (Å²) in [6, 6.07) is 8.78. The zero-order valence-corrected chi connectivity index (χ0v) is 10.9. The Kier molecular flexibility index (Phi) is 6.63. The summed E-state index contributed by atoms with van der Waals surface area (Å²) < 4.78 is 10.0. The van der Waals surface area contributed by atoms with Crippen molar-refractivity contribution in [2.24, 2.45) is 5.10 Å². The van der Waals surface area contributed by atoms with Crippen molar-refractivity contribution in [3.8, 4) is 5.75 Å². The third-order valence-corrected chi connectivity index (χ3v) is 1.88. The molecule has 0 amide bonds. The molecule has 0 saturated carbocycles. The Hall–Kier alpha value is -2.44. The maximum Gasteiger partial charge on any atom is 0.540 e. The standard InChI is InChI=1S/C12H17N3O4/c1-3-9-17-11(13-2)14-15-19-12(16)18-10-7-5-4-6-8-10/h4-8,15H,3,9H2,1-2H3,(H,13,14). The van der Waals surface area contributed by atoms with Gasteiger partial charge in [0.15, 0.2) is 0 Å². The van der Waals surface area contributed by atoms with Crippen molar-refractivity contribution in [1.82, 2.24) is 10.9 Å². The number of rotatable bonds is 5. The molecule has 0 saturated heterocycles. The fourth-order valence-corrected chi connectivity index (χ4v) is 1.07. The van der Waals surface area contributed by atoms with E-state index in [1.54, 1.807) is 31.3 Å². The summed E-state index contributed by atoms with van der Waals surface area (Å²) >= 11 is 0. The second kappa shape index (κ2) is 8.62. The van der Waals surface area contributed by atoms with E-state index in [0.717, 1.165) is 6.42 Å². The van der Waals surface area contributed by atoms with Crippen molar-refractivity contribution < 1.29 is 19.1 Å². The summed E-state index contributed by atoms with van der Waals surface area (Å²) in [4.78, 5) is 15.8. The Morgan fingerprint density at radius 2 is 2.05 bits per heavy atom. The van der Waals surface area contributed by atoms with Crippen molar-refractivity contribution in [3.05, 3.63) is 30.3 Å². The number of hydrogen-bond donors (Lipinski definition) is 2. The fourth-order valence-electron chi connectivity index (χ4n) is 1.07. The zero-order valence-electron chi connectivity index (χ0n) is 10.9. The molecular formula is C12H17N3O4. The lowest BCUT2D eigenvalue weighted by Gasteiger charge is -2.07. The number of hydrazone groups is 1. The molecule has 0 aliphatic rings. The molecule has 0 bridgehead atoms. The minimum atomic E-state index is -0.916. The summed E-state index contributed by atoms with van der Waals surface area (Å²) in [7, 11) is 1.64. The first-order valence-corrected chi connectivity index (χ1v) is 5.83. The van der Waals surface area contributed by atoms with Gasteiger partial charge in [-0.1, -0.05) is 30.2 Å². The molecule has 19 heavy (non-hydrogen) atoms. The average molecular weight is 267 g/mol. The van der Waals surface area contributed by atoms with Crippen molar-refractivity contribution in [2.75, 3.05) is 13.7 Å². The average Bonchev–Trinajstić information content (AvgIpc) is 2.43. The molecule has 1 aromatic carbocycles. The molecule has 104 valence electrons. The Morgan fingerprint density at radius 3 is 2.68 bits per heavy atom. The van der Waals surface area contributed by atoms with Crippen LogP contribution >= 0.6 is 0 Å². The first kappa shape index (κ1) is 14.6. The van der Waals surface area contributed by atoms with Crippen LogP contribution in [-0.4, -0.2) is 25.8 Å². The van der Waals surface area contributed by atoms with Gasteiger partial charge in [-0.25, -0.2) is 4.79 Å². The SMILES string of the molecule is CCCOC(=NNOC(=O)Oc1ccccc1)NC. The van der Waals surface area contributed by atoms with E-state index < -0.39 is 6.16 Å². The van der Waals surface area contributed by atoms with Crippen LogP contribution in [0.3, 0.4) is 0 Å². The summed E-state index contributed by atoms with van der Waals surface area (Å²) in [5, 5.41) is 6.37. The van der Waals surface area contributed by atoms with Crippen LogP contribution in [0.15, 0.2) is 35.4 Å². The molecular weight excluding hydrogens is 250 g/mol. The maximum absolute atomic E-state index is 11.3. The van der Waals surface area contributed by atoms with Crippen LogP contribution in [0.1, 0.15) is 13.3 Å². The van der Waals surface area contributed by atoms with Gasteiger partial charge in [0.1, 0.15) is 5.75 Å². The predicted octanol–water partition coefficient (Wildman–Crippen LogP) is 1.62. The molecule has 0 heterocycles. The summed E-state index contributed by atoms with van der Waals surface area (Å²) in [6.07, 6.45) is -0.0710. The third-order valence-electron chi connectivity index (χ3n) is 1.88. The van der Waals surface area contributed by atoms with Gasteiger partial charge in [-0.15, -0.1) is 5.59 Å². The Bertz CT molecular complexity index is 409. The molecule has 1 rings (SSSR count). The van der Waals surface area contributed by atoms with Gasteiger partial charge >= 0.3 is 12.2 Å². The molecule has 0 aliphatic heterocycles. The number of benzene rings is 1. The Morgan fingerprint density at radius 1 is 1.32 bits per heavy atom. The normalized spacial score (nSPS) is 10.5. The summed E-state index contributed by atoms with van der Waals surface area (Å²) in [6.45, 7) is 2.48. The maximum atomic E-state index is 11.3. The molecule has 0 unspecified atom stereocenters. The smallest absolute Gasteiger partial charge is 0.464 e. The van der Waals surface area contributed by atoms with Gasteiger partial charge in [0, 0.05) is 7.05 Å². The molecule has 7 nitrogen and oxygen atoms in total. The largest absolute Gasteiger partial charge is 0.540 e. The van der Waals surface area contributed by atoms with Crippen LogP contribution < -0.4 is 15.6 Å². The number of carbonyl (C=O) groups excluding carboxylic acids is 1. The minimum absolute atomic E-state index is 0.217. The molecule has 0 aliphatic carbocycles. The van der Waals surface area contributed by atoms with E-state index >= 15 is 0 Å². The van der Waals surface area contributed by atoms with Crippen LogP contribution in [0.2, 0.25) is 0 Å². The number of para-hydroxylation sites is 1. The van der Waals surface area contributed by atoms with Gasteiger partial charge in [0.2, 0.25) is 0 Å². The number of nitrogens with one attached hydrogen (secondary N) is 2. The third kappa shape index (κ3) is 6.16. The lowest BCUT2D eigenvalue weighted by Crippen LogP contribution is -2.27. The monoisotopic (exact) mass is 267 g/mol. The number of nitrogens with zero attached hydrogens (tertiary/aromatic N) is 1. The number of ether oxygens (including phenoxy) is 2. The second-order valence-corrected chi connectivity index (χ2v) is 3.37. The van der Waals surface area contributed by atoms with Gasteiger partial charge in [0.05, 0.1) is 6.61 Å². The summed E-state index contributed by atoms with van der Waals surface area (Å²) in [5.41, 5.74) is 2.09. The molecule has 0 aromatic heterocycles. The van der Waals surface area contributed by atoms with Crippen molar-refractivity contribution in [1.29, 1.82) is 0 Å². The number of hydrogen-bond acceptors (Lipinski definition) is 6. The highest BCUT2D eigenvalue weighted by molar-refractivity contribution is 5.72. The Labute approximate surface area is 111 Å². The van der Waals surface area contributed by atoms with Gasteiger partial charge in [-0.2, -0.15) is 0 Å². The van der Waals surface area contributed by atoms with Crippen molar-refractivity contribution >= 4 is 12.2 Å². The highest BCUT2D eigenvalue weighted by Gasteiger charge is 2.05. The predicted molar refractivity (Wildman–Crippen MR) is 69.4 cm³/mol. The van der Waals surface area contributed by atoms with E-state index in [4.69, 9.17) is 9.47 Å². The second-order valence-electron chi connectivity index (χ2n) is 3.37. The van der Waals surface area contributed by atoms with Crippen molar-refractivity contribution in [2.45, 2.75) is 13.3 Å². The quantitative estimate of drug-likeness (QED) is 0.277. The van der Waals surface area contributed by atoms with E-state index in [2.05, 4.69) is 20.8 Å². The first-order chi connectivity index (χ1) is 9.26. The van der Waals surface area contributed by atoms with Gasteiger partial charge in [0.25, 0.3) is 0 Å². The van der Waals surface area contributed by atoms with Crippen molar-refractivity contribution in [3.63, 3.8) is 0 Å². The van der Waals surface area contributed by atoms with E-state index in [9.17, 15) is 4.79 Å². The molecule has 7 heteroatoms. The fraction of sp³-hybridized carbons (Fsp3) is 0.333. The molecule has 2 N–H and O–H groups in total. The van der Waals surface area contributed by atoms with Crippen LogP contribution in [0.5, 0.6) is 5.75 Å². The van der Waals surface area contributed by atoms with E-state index in [1.165, 1.54) is 0 Å². The minimum Gasteiger partial charge on any atom is -0.464 e. The van der Waals surface area contributed by atoms with Crippen LogP contribution in [0.4, 0.5) is 4.79 Å². The molecule has 0 fully saturated rings. The number of amidine groups is 1. The first-order valence-electron chi connectivity index (χ1n) is 5.83. The van der Waals surface area contributed by atoms with Gasteiger partial charge < -0.3 is 14.8 Å². The lowest BCUT2D eigenvalue weighted by molar-refractivity contribution is 0.0504. The highest BCUT2D eigenvalue weighted by Crippen LogP contribution is 2.08. The van der Waals surface area contributed by atoms with E-state index in [1.807, 2.05) is 13.0 Å². The van der Waals surface area contributed by atoms with Crippen LogP contribution in [0.25, 0.3) is 0 Å². The van der Waals surface area contributed by atoms with Gasteiger partial charge in [-0.05, 0) is 18.6 Å². The highest BCUT2D eigenvalue weighted by atomic mass is 16.8. The van der Waals surface area contributed by atoms with Gasteiger partial charge in [-0.3, -0.25) is 4.84 Å².